The third-order valence-corrected chi connectivity index (χ3v) is 4.95. The molecular formula is C24H22. The lowest BCUT2D eigenvalue weighted by molar-refractivity contribution is 0.630. The minimum Gasteiger partial charge on any atom is -0.0685 e. The van der Waals surface area contributed by atoms with Gasteiger partial charge >= 0.3 is 0 Å². The van der Waals surface area contributed by atoms with Crippen molar-refractivity contribution in [3.8, 4) is 0 Å². The van der Waals surface area contributed by atoms with Gasteiger partial charge in [0.2, 0.25) is 0 Å². The van der Waals surface area contributed by atoms with Crippen LogP contribution in [0, 0.1) is 0 Å². The number of rotatable bonds is 3. The van der Waals surface area contributed by atoms with Gasteiger partial charge in [-0.3, -0.25) is 0 Å². The predicted molar refractivity (Wildman–Crippen MR) is 102 cm³/mol. The molecule has 0 radical (unpaired) electrons. The van der Waals surface area contributed by atoms with Gasteiger partial charge in [0.1, 0.15) is 0 Å². The molecule has 3 aromatic carbocycles. The zero-order chi connectivity index (χ0) is 16.2. The average Bonchev–Trinajstić information content (AvgIpc) is 2.67. The molecule has 0 nitrogen and oxygen atoms in total. The number of fused-ring (bicyclic) bond motifs is 1. The first-order valence-corrected chi connectivity index (χ1v) is 8.82. The second-order valence-electron chi connectivity index (χ2n) is 6.51. The molecule has 1 atom stereocenters. The first-order valence-electron chi connectivity index (χ1n) is 8.82. The molecule has 1 unspecified atom stereocenters. The molecule has 1 aliphatic carbocycles. The second kappa shape index (κ2) is 6.88. The third-order valence-electron chi connectivity index (χ3n) is 4.95. The summed E-state index contributed by atoms with van der Waals surface area (Å²) in [5, 5.41) is 0. The van der Waals surface area contributed by atoms with Crippen LogP contribution in [-0.2, 0) is 6.42 Å². The largest absolute Gasteiger partial charge is 0.0685 e. The fourth-order valence-electron chi connectivity index (χ4n) is 3.76. The molecule has 0 saturated heterocycles. The summed E-state index contributed by atoms with van der Waals surface area (Å²) in [5.41, 5.74) is 6.97. The predicted octanol–water partition coefficient (Wildman–Crippen LogP) is 6.24. The van der Waals surface area contributed by atoms with Crippen molar-refractivity contribution in [2.75, 3.05) is 0 Å². The van der Waals surface area contributed by atoms with Gasteiger partial charge in [0, 0.05) is 5.92 Å². The van der Waals surface area contributed by atoms with Gasteiger partial charge in [-0.25, -0.2) is 0 Å². The summed E-state index contributed by atoms with van der Waals surface area (Å²) in [6, 6.07) is 30.5. The van der Waals surface area contributed by atoms with Crippen LogP contribution >= 0.6 is 0 Å². The summed E-state index contributed by atoms with van der Waals surface area (Å²) in [6.07, 6.45) is 6.21. The van der Waals surface area contributed by atoms with Crippen LogP contribution in [0.2, 0.25) is 0 Å². The quantitative estimate of drug-likeness (QED) is 0.537. The number of allylic oxidation sites excluding steroid dienone is 1. The van der Waals surface area contributed by atoms with Gasteiger partial charge in [0.15, 0.2) is 0 Å². The highest BCUT2D eigenvalue weighted by atomic mass is 14.2. The van der Waals surface area contributed by atoms with Crippen molar-refractivity contribution in [1.82, 2.24) is 0 Å². The van der Waals surface area contributed by atoms with E-state index in [9.17, 15) is 0 Å². The summed E-state index contributed by atoms with van der Waals surface area (Å²) in [6.45, 7) is 0. The van der Waals surface area contributed by atoms with Gasteiger partial charge in [-0.15, -0.1) is 0 Å². The van der Waals surface area contributed by atoms with Crippen molar-refractivity contribution < 1.29 is 0 Å². The summed E-state index contributed by atoms with van der Waals surface area (Å²) >= 11 is 0. The van der Waals surface area contributed by atoms with Crippen LogP contribution in [0.1, 0.15) is 41.0 Å². The van der Waals surface area contributed by atoms with E-state index < -0.39 is 0 Å². The van der Waals surface area contributed by atoms with E-state index in [0.717, 1.165) is 0 Å². The minimum absolute atomic E-state index is 0.505. The topological polar surface area (TPSA) is 0 Å². The Morgan fingerprint density at radius 3 is 1.96 bits per heavy atom. The number of hydrogen-bond acceptors (Lipinski definition) is 0. The summed E-state index contributed by atoms with van der Waals surface area (Å²) in [5.74, 6) is 0.505. The van der Waals surface area contributed by atoms with Crippen molar-refractivity contribution in [1.29, 1.82) is 0 Å². The maximum absolute atomic E-state index is 2.49. The van der Waals surface area contributed by atoms with Crippen LogP contribution < -0.4 is 0 Å². The van der Waals surface area contributed by atoms with Crippen LogP contribution in [0.3, 0.4) is 0 Å². The van der Waals surface area contributed by atoms with Crippen LogP contribution in [0.25, 0.3) is 5.57 Å². The first kappa shape index (κ1) is 15.0. The maximum atomic E-state index is 2.49. The van der Waals surface area contributed by atoms with Crippen LogP contribution in [0.5, 0.6) is 0 Å². The van der Waals surface area contributed by atoms with E-state index >= 15 is 0 Å². The second-order valence-corrected chi connectivity index (χ2v) is 6.51. The van der Waals surface area contributed by atoms with Gasteiger partial charge in [-0.2, -0.15) is 0 Å². The SMILES string of the molecule is C(=C(c1ccccc1)c1ccccc1)C1CCCc2ccccc21. The molecule has 0 aromatic heterocycles. The van der Waals surface area contributed by atoms with Gasteiger partial charge in [-0.1, -0.05) is 91.0 Å². The Morgan fingerprint density at radius 2 is 1.29 bits per heavy atom. The van der Waals surface area contributed by atoms with E-state index in [1.807, 2.05) is 0 Å². The zero-order valence-electron chi connectivity index (χ0n) is 13.9. The highest BCUT2D eigenvalue weighted by Gasteiger charge is 2.19. The van der Waals surface area contributed by atoms with E-state index in [0.29, 0.717) is 5.92 Å². The molecule has 0 spiro atoms. The van der Waals surface area contributed by atoms with Gasteiger partial charge in [0.05, 0.1) is 0 Å². The number of aryl methyl sites for hydroxylation is 1. The highest BCUT2D eigenvalue weighted by molar-refractivity contribution is 5.80. The molecule has 0 heterocycles. The average molecular weight is 310 g/mol. The summed E-state index contributed by atoms with van der Waals surface area (Å²) < 4.78 is 0. The normalized spacial score (nSPS) is 16.2. The van der Waals surface area contributed by atoms with Crippen molar-refractivity contribution in [2.45, 2.75) is 25.2 Å². The van der Waals surface area contributed by atoms with E-state index in [2.05, 4.69) is 91.0 Å². The highest BCUT2D eigenvalue weighted by Crippen LogP contribution is 2.36. The lowest BCUT2D eigenvalue weighted by Gasteiger charge is -2.24. The summed E-state index contributed by atoms with van der Waals surface area (Å²) in [7, 11) is 0. The van der Waals surface area contributed by atoms with E-state index in [1.54, 1.807) is 0 Å². The van der Waals surface area contributed by atoms with Crippen molar-refractivity contribution in [3.63, 3.8) is 0 Å². The molecule has 0 N–H and O–H groups in total. The van der Waals surface area contributed by atoms with Gasteiger partial charge in [0.25, 0.3) is 0 Å². The lowest BCUT2D eigenvalue weighted by Crippen LogP contribution is -2.08. The minimum atomic E-state index is 0.505. The fourth-order valence-corrected chi connectivity index (χ4v) is 3.76. The molecule has 0 saturated carbocycles. The van der Waals surface area contributed by atoms with Crippen LogP contribution in [0.15, 0.2) is 91.0 Å². The van der Waals surface area contributed by atoms with Crippen molar-refractivity contribution in [2.24, 2.45) is 0 Å². The Balaban J connectivity index is 1.82. The maximum Gasteiger partial charge on any atom is 0.00302 e. The van der Waals surface area contributed by atoms with Gasteiger partial charge in [-0.05, 0) is 47.1 Å². The molecule has 0 amide bonds. The molecule has 0 heteroatoms. The molecule has 4 rings (SSSR count). The molecule has 1 aliphatic rings. The van der Waals surface area contributed by atoms with Crippen LogP contribution in [-0.4, -0.2) is 0 Å². The molecule has 0 fully saturated rings. The standard InChI is InChI=1S/C24H22/c1-3-10-20(11-4-1)24(21-12-5-2-6-13-21)18-22-16-9-15-19-14-7-8-17-23(19)22/h1-8,10-14,17-18,22H,9,15-16H2. The lowest BCUT2D eigenvalue weighted by atomic mass is 9.80. The van der Waals surface area contributed by atoms with E-state index in [1.165, 1.54) is 47.1 Å². The molecule has 3 aromatic rings. The number of benzene rings is 3. The van der Waals surface area contributed by atoms with E-state index in [-0.39, 0.29) is 0 Å². The molecule has 0 bridgehead atoms. The molecule has 24 heavy (non-hydrogen) atoms. The Labute approximate surface area is 144 Å². The van der Waals surface area contributed by atoms with Crippen molar-refractivity contribution in [3.05, 3.63) is 113 Å². The van der Waals surface area contributed by atoms with Gasteiger partial charge < -0.3 is 0 Å². The van der Waals surface area contributed by atoms with E-state index in [4.69, 9.17) is 0 Å². The summed E-state index contributed by atoms with van der Waals surface area (Å²) in [4.78, 5) is 0. The molecule has 118 valence electrons. The third kappa shape index (κ3) is 3.05. The number of hydrogen-bond donors (Lipinski definition) is 0. The van der Waals surface area contributed by atoms with Crippen LogP contribution in [0.4, 0.5) is 0 Å². The monoisotopic (exact) mass is 310 g/mol. The Morgan fingerprint density at radius 1 is 0.708 bits per heavy atom. The smallest absolute Gasteiger partial charge is 0.00302 e. The molecular weight excluding hydrogens is 288 g/mol. The Kier molecular flexibility index (Phi) is 4.29. The van der Waals surface area contributed by atoms with Crippen molar-refractivity contribution >= 4 is 5.57 Å². The first-order chi connectivity index (χ1) is 11.9. The Hall–Kier alpha value is -2.60. The fraction of sp³-hybridized carbons (Fsp3) is 0.167. The molecule has 0 aliphatic heterocycles. The zero-order valence-corrected chi connectivity index (χ0v) is 13.9. The Bertz CT molecular complexity index is 787.